The lowest BCUT2D eigenvalue weighted by Crippen LogP contribution is -2.26. The Morgan fingerprint density at radius 1 is 1.10 bits per heavy atom. The summed E-state index contributed by atoms with van der Waals surface area (Å²) in [6, 6.07) is 10.1. The second-order valence-electron chi connectivity index (χ2n) is 11.1. The van der Waals surface area contributed by atoms with Crippen molar-refractivity contribution in [2.75, 3.05) is 25.0 Å². The molecule has 4 aromatic rings. The lowest BCUT2D eigenvalue weighted by molar-refractivity contribution is 0.0954. The largest absolute Gasteiger partial charge is 0.395 e. The fraction of sp³-hybridized carbons (Fsp3) is 0.414. The van der Waals surface area contributed by atoms with Crippen molar-refractivity contribution in [3.63, 3.8) is 0 Å². The molecule has 1 aliphatic heterocycles. The van der Waals surface area contributed by atoms with Crippen molar-refractivity contribution < 1.29 is 9.90 Å². The van der Waals surface area contributed by atoms with Crippen molar-refractivity contribution in [3.05, 3.63) is 69.6 Å². The van der Waals surface area contributed by atoms with E-state index in [-0.39, 0.29) is 17.9 Å². The van der Waals surface area contributed by atoms with Crippen LogP contribution in [0.3, 0.4) is 0 Å². The van der Waals surface area contributed by atoms with Gasteiger partial charge in [0.1, 0.15) is 17.0 Å². The van der Waals surface area contributed by atoms with E-state index in [1.165, 1.54) is 11.3 Å². The maximum atomic E-state index is 12.7. The number of anilines is 2. The van der Waals surface area contributed by atoms with Crippen LogP contribution in [-0.2, 0) is 25.0 Å². The number of amides is 1. The molecule has 10 nitrogen and oxygen atoms in total. The highest BCUT2D eigenvalue weighted by molar-refractivity contribution is 7.13. The lowest BCUT2D eigenvalue weighted by atomic mass is 9.98. The summed E-state index contributed by atoms with van der Waals surface area (Å²) in [6.07, 6.45) is 4.20. The minimum atomic E-state index is -0.110. The number of carbonyl (C=O) groups is 1. The SMILES string of the molecule is Cc1cc(-c2cc(Nc3cc4n(n3)CCCN(CCO)C4)ncn2)ccc1CNC(=O)c1cnc(C(C)(C)C)s1. The third kappa shape index (κ3) is 6.55. The Bertz CT molecular complexity index is 1490. The number of rotatable bonds is 8. The maximum absolute atomic E-state index is 12.7. The van der Waals surface area contributed by atoms with Gasteiger partial charge in [0.2, 0.25) is 0 Å². The molecule has 0 fully saturated rings. The summed E-state index contributed by atoms with van der Waals surface area (Å²) in [5.74, 6) is 1.29. The van der Waals surface area contributed by atoms with Gasteiger partial charge in [0, 0.05) is 55.8 Å². The molecule has 0 spiro atoms. The first-order valence-electron chi connectivity index (χ1n) is 13.5. The number of β-amino-alcohol motifs (C(OH)–C–C–N with tert-alkyl or cyclic N) is 1. The van der Waals surface area contributed by atoms with Gasteiger partial charge in [-0.1, -0.05) is 32.9 Å². The Kier molecular flexibility index (Phi) is 8.24. The minimum absolute atomic E-state index is 0.0773. The highest BCUT2D eigenvalue weighted by atomic mass is 32.1. The van der Waals surface area contributed by atoms with E-state index in [0.29, 0.717) is 23.8 Å². The molecule has 0 atom stereocenters. The summed E-state index contributed by atoms with van der Waals surface area (Å²) in [5.41, 5.74) is 4.91. The van der Waals surface area contributed by atoms with E-state index in [1.54, 1.807) is 12.5 Å². The van der Waals surface area contributed by atoms with Crippen LogP contribution in [0, 0.1) is 6.92 Å². The quantitative estimate of drug-likeness (QED) is 0.292. The van der Waals surface area contributed by atoms with Crippen molar-refractivity contribution in [1.82, 2.24) is 34.9 Å². The third-order valence-electron chi connectivity index (χ3n) is 6.88. The molecule has 1 aliphatic rings. The average molecular weight is 561 g/mol. The van der Waals surface area contributed by atoms with E-state index in [2.05, 4.69) is 57.3 Å². The molecule has 11 heteroatoms. The lowest BCUT2D eigenvalue weighted by Gasteiger charge is -2.17. The van der Waals surface area contributed by atoms with Crippen molar-refractivity contribution in [3.8, 4) is 11.3 Å². The molecule has 0 saturated carbocycles. The van der Waals surface area contributed by atoms with E-state index < -0.39 is 0 Å². The number of aliphatic hydroxyl groups is 1. The first-order chi connectivity index (χ1) is 19.2. The summed E-state index contributed by atoms with van der Waals surface area (Å²) in [4.78, 5) is 28.8. The molecular formula is C29H36N8O2S. The van der Waals surface area contributed by atoms with Crippen molar-refractivity contribution in [2.24, 2.45) is 0 Å². The number of benzene rings is 1. The Hall–Kier alpha value is -3.67. The molecule has 0 saturated heterocycles. The van der Waals surface area contributed by atoms with E-state index >= 15 is 0 Å². The smallest absolute Gasteiger partial charge is 0.263 e. The summed E-state index contributed by atoms with van der Waals surface area (Å²) >= 11 is 1.44. The molecular weight excluding hydrogens is 524 g/mol. The summed E-state index contributed by atoms with van der Waals surface area (Å²) in [5, 5.41) is 21.3. The van der Waals surface area contributed by atoms with Crippen LogP contribution in [0.2, 0.25) is 0 Å². The van der Waals surface area contributed by atoms with E-state index in [4.69, 9.17) is 5.10 Å². The minimum Gasteiger partial charge on any atom is -0.395 e. The zero-order valence-corrected chi connectivity index (χ0v) is 24.3. The second-order valence-corrected chi connectivity index (χ2v) is 12.1. The van der Waals surface area contributed by atoms with Crippen LogP contribution >= 0.6 is 11.3 Å². The van der Waals surface area contributed by atoms with Gasteiger partial charge in [0.05, 0.1) is 29.2 Å². The molecule has 3 aromatic heterocycles. The Morgan fingerprint density at radius 2 is 1.95 bits per heavy atom. The fourth-order valence-electron chi connectivity index (χ4n) is 4.68. The van der Waals surface area contributed by atoms with E-state index in [0.717, 1.165) is 65.0 Å². The van der Waals surface area contributed by atoms with E-state index in [9.17, 15) is 9.90 Å². The molecule has 0 aliphatic carbocycles. The topological polar surface area (TPSA) is 121 Å². The number of hydrogen-bond donors (Lipinski definition) is 3. The van der Waals surface area contributed by atoms with Gasteiger partial charge >= 0.3 is 0 Å². The number of aromatic nitrogens is 5. The first-order valence-corrected chi connectivity index (χ1v) is 14.3. The highest BCUT2D eigenvalue weighted by Gasteiger charge is 2.20. The van der Waals surface area contributed by atoms with Crippen molar-refractivity contribution >= 4 is 28.9 Å². The second kappa shape index (κ2) is 11.8. The van der Waals surface area contributed by atoms with Crippen LogP contribution in [0.25, 0.3) is 11.3 Å². The van der Waals surface area contributed by atoms with E-state index in [1.807, 2.05) is 35.9 Å². The predicted octanol–water partition coefficient (Wildman–Crippen LogP) is 4.27. The number of nitrogens with one attached hydrogen (secondary N) is 2. The fourth-order valence-corrected chi connectivity index (χ4v) is 5.57. The van der Waals surface area contributed by atoms with Crippen molar-refractivity contribution in [1.29, 1.82) is 0 Å². The zero-order chi connectivity index (χ0) is 28.3. The summed E-state index contributed by atoms with van der Waals surface area (Å²) < 4.78 is 2.03. The number of thiazole rings is 1. The predicted molar refractivity (Wildman–Crippen MR) is 157 cm³/mol. The highest BCUT2D eigenvalue weighted by Crippen LogP contribution is 2.27. The Labute approximate surface area is 238 Å². The van der Waals surface area contributed by atoms with Gasteiger partial charge in [-0.3, -0.25) is 14.4 Å². The van der Waals surface area contributed by atoms with Crippen LogP contribution in [-0.4, -0.2) is 60.3 Å². The summed E-state index contributed by atoms with van der Waals surface area (Å²) in [6.45, 7) is 12.1. The number of aryl methyl sites for hydroxylation is 2. The number of aliphatic hydroxyl groups excluding tert-OH is 1. The van der Waals surface area contributed by atoms with Gasteiger partial charge in [-0.25, -0.2) is 15.0 Å². The van der Waals surface area contributed by atoms with Crippen LogP contribution in [0.4, 0.5) is 11.6 Å². The number of carbonyl (C=O) groups excluding carboxylic acids is 1. The van der Waals surface area contributed by atoms with Gasteiger partial charge in [0.15, 0.2) is 5.82 Å². The van der Waals surface area contributed by atoms with Crippen LogP contribution in [0.15, 0.2) is 42.9 Å². The molecule has 5 rings (SSSR count). The Balaban J connectivity index is 1.24. The monoisotopic (exact) mass is 560 g/mol. The average Bonchev–Trinajstić information content (AvgIpc) is 3.52. The van der Waals surface area contributed by atoms with Crippen LogP contribution < -0.4 is 10.6 Å². The molecule has 0 radical (unpaired) electrons. The summed E-state index contributed by atoms with van der Waals surface area (Å²) in [7, 11) is 0. The Morgan fingerprint density at radius 3 is 2.70 bits per heavy atom. The first kappa shape index (κ1) is 27.9. The van der Waals surface area contributed by atoms with Gasteiger partial charge in [0.25, 0.3) is 5.91 Å². The molecule has 4 heterocycles. The zero-order valence-electron chi connectivity index (χ0n) is 23.4. The van der Waals surface area contributed by atoms with Gasteiger partial charge < -0.3 is 15.7 Å². The molecule has 3 N–H and O–H groups in total. The molecule has 1 amide bonds. The van der Waals surface area contributed by atoms with Gasteiger partial charge in [-0.2, -0.15) is 5.10 Å². The van der Waals surface area contributed by atoms with Crippen LogP contribution in [0.1, 0.15) is 58.7 Å². The molecule has 0 unspecified atom stereocenters. The van der Waals surface area contributed by atoms with Crippen LogP contribution in [0.5, 0.6) is 0 Å². The molecule has 210 valence electrons. The molecule has 40 heavy (non-hydrogen) atoms. The standard InChI is InChI=1S/C29H36N8O2S/c1-19-12-20(6-7-21(19)15-30-27(39)24-16-31-28(40-24)29(2,3)4)23-14-25(33-18-32-23)34-26-13-22-17-36(10-11-38)8-5-9-37(22)35-26/h6-7,12-14,16,18,38H,5,8-11,15,17H2,1-4H3,(H,30,39)(H,32,33,34,35). The number of hydrogen-bond acceptors (Lipinski definition) is 9. The van der Waals surface area contributed by atoms with Crippen molar-refractivity contribution in [2.45, 2.75) is 59.2 Å². The maximum Gasteiger partial charge on any atom is 0.263 e. The molecule has 1 aromatic carbocycles. The molecule has 0 bridgehead atoms. The number of fused-ring (bicyclic) bond motifs is 1. The van der Waals surface area contributed by atoms with Gasteiger partial charge in [-0.15, -0.1) is 11.3 Å². The third-order valence-corrected chi connectivity index (χ3v) is 8.30. The van der Waals surface area contributed by atoms with Gasteiger partial charge in [-0.05, 0) is 30.5 Å². The normalized spacial score (nSPS) is 14.0. The number of nitrogens with zero attached hydrogens (tertiary/aromatic N) is 6.